The third-order valence-corrected chi connectivity index (χ3v) is 3.60. The molecule has 122 valence electrons. The van der Waals surface area contributed by atoms with E-state index in [1.54, 1.807) is 11.0 Å². The molecule has 1 aromatic rings. The minimum Gasteiger partial charge on any atom is -0.370 e. The predicted octanol–water partition coefficient (Wildman–Crippen LogP) is 1.21. The lowest BCUT2D eigenvalue weighted by Crippen LogP contribution is -2.23. The Balaban J connectivity index is 1.81. The van der Waals surface area contributed by atoms with Gasteiger partial charge < -0.3 is 16.0 Å². The quantitative estimate of drug-likeness (QED) is 0.585. The summed E-state index contributed by atoms with van der Waals surface area (Å²) < 4.78 is 0. The molecule has 1 fully saturated rings. The van der Waals surface area contributed by atoms with Crippen molar-refractivity contribution < 1.29 is 14.4 Å². The fraction of sp³-hybridized carbons (Fsp3) is 0.353. The maximum atomic E-state index is 11.7. The molecule has 0 saturated carbocycles. The number of benzene rings is 1. The van der Waals surface area contributed by atoms with Crippen molar-refractivity contribution in [1.82, 2.24) is 5.32 Å². The fourth-order valence-corrected chi connectivity index (χ4v) is 2.39. The molecule has 1 aliphatic heterocycles. The van der Waals surface area contributed by atoms with Crippen LogP contribution in [0.5, 0.6) is 0 Å². The van der Waals surface area contributed by atoms with Crippen LogP contribution in [0.15, 0.2) is 30.3 Å². The highest BCUT2D eigenvalue weighted by molar-refractivity contribution is 5.95. The maximum absolute atomic E-state index is 11.7. The average Bonchev–Trinajstić information content (AvgIpc) is 2.96. The fourth-order valence-electron chi connectivity index (χ4n) is 2.39. The van der Waals surface area contributed by atoms with Crippen LogP contribution in [0, 0.1) is 0 Å². The van der Waals surface area contributed by atoms with Gasteiger partial charge in [-0.25, -0.2) is 0 Å². The molecule has 1 saturated heterocycles. The average molecular weight is 315 g/mol. The van der Waals surface area contributed by atoms with Gasteiger partial charge in [-0.3, -0.25) is 14.4 Å². The van der Waals surface area contributed by atoms with Gasteiger partial charge in [0, 0.05) is 37.7 Å². The van der Waals surface area contributed by atoms with Gasteiger partial charge in [0.2, 0.25) is 17.7 Å². The Labute approximate surface area is 135 Å². The number of rotatable bonds is 7. The highest BCUT2D eigenvalue weighted by Crippen LogP contribution is 2.21. The molecule has 1 heterocycles. The lowest BCUT2D eigenvalue weighted by Gasteiger charge is -2.15. The van der Waals surface area contributed by atoms with Crippen molar-refractivity contribution in [2.24, 2.45) is 5.73 Å². The summed E-state index contributed by atoms with van der Waals surface area (Å²) in [5.74, 6) is -0.428. The molecular weight excluding hydrogens is 294 g/mol. The highest BCUT2D eigenvalue weighted by atomic mass is 16.2. The molecule has 3 N–H and O–H groups in total. The highest BCUT2D eigenvalue weighted by Gasteiger charge is 2.21. The Morgan fingerprint density at radius 1 is 1.26 bits per heavy atom. The van der Waals surface area contributed by atoms with Gasteiger partial charge in [-0.05, 0) is 36.6 Å². The molecule has 0 aromatic heterocycles. The summed E-state index contributed by atoms with van der Waals surface area (Å²) in [5.41, 5.74) is 6.79. The first-order valence-corrected chi connectivity index (χ1v) is 7.71. The third-order valence-electron chi connectivity index (χ3n) is 3.60. The normalized spacial score (nSPS) is 14.4. The summed E-state index contributed by atoms with van der Waals surface area (Å²) in [6.07, 6.45) is 5.46. The summed E-state index contributed by atoms with van der Waals surface area (Å²) in [4.78, 5) is 35.6. The minimum absolute atomic E-state index is 0.156. The predicted molar refractivity (Wildman–Crippen MR) is 88.5 cm³/mol. The van der Waals surface area contributed by atoms with Crippen molar-refractivity contribution in [1.29, 1.82) is 0 Å². The van der Waals surface area contributed by atoms with Crippen LogP contribution in [-0.4, -0.2) is 30.8 Å². The molecule has 0 bridgehead atoms. The largest absolute Gasteiger partial charge is 0.370 e. The molecule has 0 spiro atoms. The van der Waals surface area contributed by atoms with Gasteiger partial charge in [0.25, 0.3) is 0 Å². The number of hydrogen-bond acceptors (Lipinski definition) is 3. The topological polar surface area (TPSA) is 92.5 Å². The van der Waals surface area contributed by atoms with Crippen molar-refractivity contribution in [3.8, 4) is 0 Å². The number of carbonyl (C=O) groups excluding carboxylic acids is 3. The van der Waals surface area contributed by atoms with Gasteiger partial charge in [0.1, 0.15) is 0 Å². The Hall–Kier alpha value is -2.63. The molecule has 6 heteroatoms. The van der Waals surface area contributed by atoms with Gasteiger partial charge >= 0.3 is 0 Å². The SMILES string of the molecule is NC(=O)CCCNC(=O)C=Cc1ccc(N2CCCC2=O)cc1. The van der Waals surface area contributed by atoms with Crippen LogP contribution >= 0.6 is 0 Å². The first-order chi connectivity index (χ1) is 11.1. The summed E-state index contributed by atoms with van der Waals surface area (Å²) in [6, 6.07) is 7.51. The van der Waals surface area contributed by atoms with E-state index in [-0.39, 0.29) is 24.1 Å². The molecule has 2 rings (SSSR count). The smallest absolute Gasteiger partial charge is 0.243 e. The lowest BCUT2D eigenvalue weighted by atomic mass is 10.2. The van der Waals surface area contributed by atoms with Gasteiger partial charge in [-0.1, -0.05) is 12.1 Å². The van der Waals surface area contributed by atoms with E-state index in [2.05, 4.69) is 5.32 Å². The van der Waals surface area contributed by atoms with Crippen LogP contribution in [0.2, 0.25) is 0 Å². The van der Waals surface area contributed by atoms with Gasteiger partial charge in [-0.2, -0.15) is 0 Å². The van der Waals surface area contributed by atoms with Crippen LogP contribution in [-0.2, 0) is 14.4 Å². The number of hydrogen-bond donors (Lipinski definition) is 2. The molecule has 0 unspecified atom stereocenters. The molecule has 1 aromatic carbocycles. The van der Waals surface area contributed by atoms with E-state index in [1.807, 2.05) is 24.3 Å². The number of nitrogens with two attached hydrogens (primary N) is 1. The monoisotopic (exact) mass is 315 g/mol. The van der Waals surface area contributed by atoms with Gasteiger partial charge in [0.15, 0.2) is 0 Å². The zero-order chi connectivity index (χ0) is 16.7. The van der Waals surface area contributed by atoms with E-state index in [9.17, 15) is 14.4 Å². The standard InChI is InChI=1S/C17H21N3O3/c18-15(21)3-1-11-19-16(22)10-7-13-5-8-14(9-6-13)20-12-2-4-17(20)23/h5-10H,1-4,11-12H2,(H2,18,21)(H,19,22). The van der Waals surface area contributed by atoms with Crippen molar-refractivity contribution in [2.75, 3.05) is 18.0 Å². The zero-order valence-corrected chi connectivity index (χ0v) is 13.0. The van der Waals surface area contributed by atoms with E-state index in [0.717, 1.165) is 24.2 Å². The second kappa shape index (κ2) is 8.12. The Bertz CT molecular complexity index is 608. The second-order valence-corrected chi connectivity index (χ2v) is 5.43. The number of primary amides is 1. The van der Waals surface area contributed by atoms with E-state index < -0.39 is 0 Å². The van der Waals surface area contributed by atoms with Crippen LogP contribution < -0.4 is 16.0 Å². The summed E-state index contributed by atoms with van der Waals surface area (Å²) in [5, 5.41) is 2.68. The zero-order valence-electron chi connectivity index (χ0n) is 13.0. The number of nitrogens with one attached hydrogen (secondary N) is 1. The van der Waals surface area contributed by atoms with Crippen molar-refractivity contribution >= 4 is 29.5 Å². The van der Waals surface area contributed by atoms with Crippen molar-refractivity contribution in [3.63, 3.8) is 0 Å². The molecule has 0 aliphatic carbocycles. The van der Waals surface area contributed by atoms with E-state index in [4.69, 9.17) is 5.73 Å². The number of amides is 3. The van der Waals surface area contributed by atoms with Crippen molar-refractivity contribution in [3.05, 3.63) is 35.9 Å². The number of carbonyl (C=O) groups is 3. The number of nitrogens with zero attached hydrogens (tertiary/aromatic N) is 1. The van der Waals surface area contributed by atoms with Gasteiger partial charge in [-0.15, -0.1) is 0 Å². The molecule has 0 atom stereocenters. The Kier molecular flexibility index (Phi) is 5.91. The maximum Gasteiger partial charge on any atom is 0.243 e. The van der Waals surface area contributed by atoms with E-state index in [1.165, 1.54) is 6.08 Å². The van der Waals surface area contributed by atoms with Gasteiger partial charge in [0.05, 0.1) is 0 Å². The molecular formula is C17H21N3O3. The minimum atomic E-state index is -0.369. The molecule has 0 radical (unpaired) electrons. The summed E-state index contributed by atoms with van der Waals surface area (Å²) in [6.45, 7) is 1.18. The summed E-state index contributed by atoms with van der Waals surface area (Å²) >= 11 is 0. The molecule has 23 heavy (non-hydrogen) atoms. The molecule has 1 aliphatic rings. The third kappa shape index (κ3) is 5.25. The second-order valence-electron chi connectivity index (χ2n) is 5.43. The van der Waals surface area contributed by atoms with Crippen LogP contribution in [0.3, 0.4) is 0 Å². The first kappa shape index (κ1) is 16.7. The van der Waals surface area contributed by atoms with E-state index >= 15 is 0 Å². The Morgan fingerprint density at radius 3 is 2.61 bits per heavy atom. The van der Waals surface area contributed by atoms with Crippen LogP contribution in [0.1, 0.15) is 31.2 Å². The first-order valence-electron chi connectivity index (χ1n) is 7.71. The van der Waals surface area contributed by atoms with Crippen LogP contribution in [0.25, 0.3) is 6.08 Å². The van der Waals surface area contributed by atoms with Crippen LogP contribution in [0.4, 0.5) is 5.69 Å². The summed E-state index contributed by atoms with van der Waals surface area (Å²) in [7, 11) is 0. The Morgan fingerprint density at radius 2 is 2.00 bits per heavy atom. The molecule has 6 nitrogen and oxygen atoms in total. The van der Waals surface area contributed by atoms with E-state index in [0.29, 0.717) is 19.4 Å². The van der Waals surface area contributed by atoms with Crippen molar-refractivity contribution in [2.45, 2.75) is 25.7 Å². The lowest BCUT2D eigenvalue weighted by molar-refractivity contribution is -0.119. The number of anilines is 1. The molecule has 3 amide bonds.